The number of fused-ring (bicyclic) bond motifs is 1. The standard InChI is InChI=1S/C33H44BrN3O7/c1-5-8-15-24(39)35-21(4)27(22-13-11-10-12-14-22)43-32(42)25-26-30(40)37(18-19-38)29(33(26)20-23(34)28(25)44-33)31(41)36(16-7-3)17-9-6-2/h5,7,10-14,21,23,25-29,38H,1,3,6,8-9,15-20H2,2,4H3,(H,35,39)/t21-,23?,25-,26+,27-,28-,29-,33+/m1/s1. The van der Waals surface area contributed by atoms with Gasteiger partial charge in [0.15, 0.2) is 0 Å². The van der Waals surface area contributed by atoms with E-state index in [1.807, 2.05) is 37.3 Å². The molecule has 3 saturated heterocycles. The molecule has 1 unspecified atom stereocenters. The maximum atomic E-state index is 14.2. The predicted molar refractivity (Wildman–Crippen MR) is 168 cm³/mol. The topological polar surface area (TPSA) is 125 Å². The summed E-state index contributed by atoms with van der Waals surface area (Å²) >= 11 is 3.68. The molecule has 2 N–H and O–H groups in total. The van der Waals surface area contributed by atoms with Gasteiger partial charge in [-0.3, -0.25) is 19.2 Å². The van der Waals surface area contributed by atoms with Gasteiger partial charge in [-0.15, -0.1) is 13.2 Å². The minimum Gasteiger partial charge on any atom is -0.455 e. The summed E-state index contributed by atoms with van der Waals surface area (Å²) in [5.74, 6) is -3.46. The van der Waals surface area contributed by atoms with E-state index >= 15 is 0 Å². The summed E-state index contributed by atoms with van der Waals surface area (Å²) in [6.45, 7) is 11.7. The third-order valence-electron chi connectivity index (χ3n) is 8.87. The van der Waals surface area contributed by atoms with Gasteiger partial charge >= 0.3 is 5.97 Å². The van der Waals surface area contributed by atoms with Gasteiger partial charge in [0.2, 0.25) is 17.7 Å². The molecule has 1 aromatic carbocycles. The van der Waals surface area contributed by atoms with E-state index < -0.39 is 53.6 Å². The molecule has 3 heterocycles. The van der Waals surface area contributed by atoms with Gasteiger partial charge < -0.3 is 29.7 Å². The second kappa shape index (κ2) is 14.8. The zero-order valence-corrected chi connectivity index (χ0v) is 27.1. The molecule has 3 amide bonds. The van der Waals surface area contributed by atoms with E-state index in [1.165, 1.54) is 4.90 Å². The fraction of sp³-hybridized carbons (Fsp3) is 0.576. The van der Waals surface area contributed by atoms with Gasteiger partial charge in [0, 0.05) is 30.9 Å². The number of allylic oxidation sites excluding steroid dienone is 1. The number of β-amino-alcohol motifs (C(OH)–C–C–N with tert-alkyl or cyclic N) is 1. The highest BCUT2D eigenvalue weighted by atomic mass is 79.9. The number of nitrogens with zero attached hydrogens (tertiary/aromatic N) is 2. The normalized spacial score (nSPS) is 28.2. The number of esters is 1. The molecule has 0 saturated carbocycles. The van der Waals surface area contributed by atoms with Gasteiger partial charge in [-0.2, -0.15) is 0 Å². The molecule has 8 atom stereocenters. The minimum absolute atomic E-state index is 0.0631. The van der Waals surface area contributed by atoms with Crippen molar-refractivity contribution in [2.24, 2.45) is 11.8 Å². The summed E-state index contributed by atoms with van der Waals surface area (Å²) in [5.41, 5.74) is -0.570. The molecular weight excluding hydrogens is 630 g/mol. The van der Waals surface area contributed by atoms with Gasteiger partial charge in [-0.05, 0) is 31.7 Å². The van der Waals surface area contributed by atoms with Crippen molar-refractivity contribution in [2.75, 3.05) is 26.2 Å². The SMILES string of the molecule is C=CCCC(=O)N[C@H](C)[C@@H](OC(=O)[C@H]1[C@@H]2O[C@@]3(CC2Br)[C@@H]1C(=O)N(CCO)[C@@H]3C(=O)N(CC=C)CCCC)c1ccccc1. The summed E-state index contributed by atoms with van der Waals surface area (Å²) in [6.07, 6.45) is 4.56. The first-order chi connectivity index (χ1) is 21.1. The van der Waals surface area contributed by atoms with Gasteiger partial charge in [-0.1, -0.05) is 71.8 Å². The van der Waals surface area contributed by atoms with Crippen LogP contribution in [0.15, 0.2) is 55.6 Å². The summed E-state index contributed by atoms with van der Waals surface area (Å²) in [4.78, 5) is 57.7. The van der Waals surface area contributed by atoms with Crippen LogP contribution in [0.3, 0.4) is 0 Å². The Bertz CT molecular complexity index is 1230. The molecule has 240 valence electrons. The number of nitrogens with one attached hydrogen (secondary N) is 1. The molecule has 44 heavy (non-hydrogen) atoms. The van der Waals surface area contributed by atoms with Gasteiger partial charge in [0.25, 0.3) is 0 Å². The lowest BCUT2D eigenvalue weighted by Gasteiger charge is -2.37. The first kappa shape index (κ1) is 33.9. The fourth-order valence-corrected chi connectivity index (χ4v) is 7.88. The van der Waals surface area contributed by atoms with Crippen molar-refractivity contribution in [3.8, 4) is 0 Å². The largest absolute Gasteiger partial charge is 0.455 e. The van der Waals surface area contributed by atoms with E-state index in [0.29, 0.717) is 31.5 Å². The van der Waals surface area contributed by atoms with Crippen molar-refractivity contribution in [1.29, 1.82) is 0 Å². The zero-order valence-electron chi connectivity index (χ0n) is 25.5. The first-order valence-electron chi connectivity index (χ1n) is 15.4. The molecule has 1 aromatic rings. The quantitative estimate of drug-likeness (QED) is 0.157. The number of hydrogen-bond donors (Lipinski definition) is 2. The summed E-state index contributed by atoms with van der Waals surface area (Å²) in [7, 11) is 0. The Labute approximate surface area is 267 Å². The van der Waals surface area contributed by atoms with Crippen molar-refractivity contribution >= 4 is 39.6 Å². The van der Waals surface area contributed by atoms with E-state index in [4.69, 9.17) is 9.47 Å². The molecule has 3 aliphatic rings. The maximum Gasteiger partial charge on any atom is 0.313 e. The Morgan fingerprint density at radius 3 is 2.64 bits per heavy atom. The Morgan fingerprint density at radius 1 is 1.27 bits per heavy atom. The Hall–Kier alpha value is -3.02. The van der Waals surface area contributed by atoms with Gasteiger partial charge in [-0.25, -0.2) is 0 Å². The van der Waals surface area contributed by atoms with Crippen LogP contribution in [-0.2, 0) is 28.7 Å². The number of alkyl halides is 1. The van der Waals surface area contributed by atoms with Crippen LogP contribution in [0.1, 0.15) is 57.6 Å². The van der Waals surface area contributed by atoms with Crippen LogP contribution >= 0.6 is 15.9 Å². The highest BCUT2D eigenvalue weighted by Crippen LogP contribution is 2.60. The Morgan fingerprint density at radius 2 is 2.00 bits per heavy atom. The van der Waals surface area contributed by atoms with Crippen LogP contribution in [0, 0.1) is 11.8 Å². The number of aliphatic hydroxyl groups is 1. The van der Waals surface area contributed by atoms with Crippen LogP contribution in [0.5, 0.6) is 0 Å². The highest BCUT2D eigenvalue weighted by Gasteiger charge is 2.77. The summed E-state index contributed by atoms with van der Waals surface area (Å²) in [6, 6.07) is 7.56. The number of amides is 3. The van der Waals surface area contributed by atoms with E-state index in [2.05, 4.69) is 34.4 Å². The second-order valence-electron chi connectivity index (χ2n) is 11.8. The Kier molecular flexibility index (Phi) is 11.4. The maximum absolute atomic E-state index is 14.2. The molecule has 0 radical (unpaired) electrons. The molecule has 0 aliphatic carbocycles. The van der Waals surface area contributed by atoms with Crippen molar-refractivity contribution < 1.29 is 33.8 Å². The van der Waals surface area contributed by atoms with E-state index in [1.54, 1.807) is 24.0 Å². The fourth-order valence-electron chi connectivity index (χ4n) is 6.94. The number of likely N-dealkylation sites (tertiary alicyclic amines) is 1. The summed E-state index contributed by atoms with van der Waals surface area (Å²) in [5, 5.41) is 12.8. The lowest BCUT2D eigenvalue weighted by atomic mass is 9.70. The molecule has 4 rings (SSSR count). The number of carbonyl (C=O) groups is 4. The molecule has 2 bridgehead atoms. The van der Waals surface area contributed by atoms with Crippen LogP contribution in [0.2, 0.25) is 0 Å². The van der Waals surface area contributed by atoms with Crippen molar-refractivity contribution in [3.05, 3.63) is 61.2 Å². The van der Waals surface area contributed by atoms with Crippen LogP contribution in [0.25, 0.3) is 0 Å². The summed E-state index contributed by atoms with van der Waals surface area (Å²) < 4.78 is 12.7. The number of carbonyl (C=O) groups excluding carboxylic acids is 4. The average Bonchev–Trinajstić information content (AvgIpc) is 3.60. The van der Waals surface area contributed by atoms with E-state index in [9.17, 15) is 24.3 Å². The van der Waals surface area contributed by atoms with Crippen LogP contribution in [0.4, 0.5) is 0 Å². The number of aliphatic hydroxyl groups excluding tert-OH is 1. The van der Waals surface area contributed by atoms with Crippen molar-refractivity contribution in [1.82, 2.24) is 15.1 Å². The monoisotopic (exact) mass is 673 g/mol. The van der Waals surface area contributed by atoms with E-state index in [-0.39, 0.29) is 36.2 Å². The van der Waals surface area contributed by atoms with Gasteiger partial charge in [0.1, 0.15) is 17.7 Å². The third kappa shape index (κ3) is 6.50. The predicted octanol–water partition coefficient (Wildman–Crippen LogP) is 3.30. The molecule has 0 aromatic heterocycles. The zero-order chi connectivity index (χ0) is 32.0. The number of rotatable bonds is 16. The molecule has 3 aliphatic heterocycles. The number of ether oxygens (including phenoxy) is 2. The third-order valence-corrected chi connectivity index (χ3v) is 9.71. The smallest absolute Gasteiger partial charge is 0.313 e. The van der Waals surface area contributed by atoms with E-state index in [0.717, 1.165) is 12.8 Å². The molecule has 3 fully saturated rings. The molecule has 11 heteroatoms. The molecule has 1 spiro atoms. The van der Waals surface area contributed by atoms with Crippen molar-refractivity contribution in [2.45, 2.75) is 80.7 Å². The lowest BCUT2D eigenvalue weighted by molar-refractivity contribution is -0.162. The average molecular weight is 675 g/mol. The number of hydrogen-bond acceptors (Lipinski definition) is 7. The lowest BCUT2D eigenvalue weighted by Crippen LogP contribution is -2.57. The number of benzene rings is 1. The molecular formula is C33H44BrN3O7. The number of halogens is 1. The highest BCUT2D eigenvalue weighted by molar-refractivity contribution is 9.09. The minimum atomic E-state index is -1.26. The first-order valence-corrected chi connectivity index (χ1v) is 16.3. The Balaban J connectivity index is 1.66. The van der Waals surface area contributed by atoms with Crippen molar-refractivity contribution in [3.63, 3.8) is 0 Å². The van der Waals surface area contributed by atoms with Gasteiger partial charge in [0.05, 0.1) is 30.6 Å². The second-order valence-corrected chi connectivity index (χ2v) is 13.0. The number of unbranched alkanes of at least 4 members (excludes halogenated alkanes) is 1. The molecule has 10 nitrogen and oxygen atoms in total. The van der Waals surface area contributed by atoms with Crippen LogP contribution < -0.4 is 5.32 Å². The van der Waals surface area contributed by atoms with Crippen LogP contribution in [-0.4, -0.2) is 93.5 Å².